The highest BCUT2D eigenvalue weighted by Gasteiger charge is 2.19. The van der Waals surface area contributed by atoms with Gasteiger partial charge in [0.1, 0.15) is 5.82 Å². The maximum atomic E-state index is 13.4. The average molecular weight is 249 g/mol. The first-order valence-electron chi connectivity index (χ1n) is 7.26. The minimum Gasteiger partial charge on any atom is -0.314 e. The second-order valence-corrected chi connectivity index (χ2v) is 5.42. The molecule has 0 unspecified atom stereocenters. The Balaban J connectivity index is 1.69. The highest BCUT2D eigenvalue weighted by molar-refractivity contribution is 5.17. The van der Waals surface area contributed by atoms with Crippen molar-refractivity contribution >= 4 is 0 Å². The van der Waals surface area contributed by atoms with E-state index in [1.807, 2.05) is 12.1 Å². The smallest absolute Gasteiger partial charge is 0.126 e. The van der Waals surface area contributed by atoms with Crippen LogP contribution >= 0.6 is 0 Å². The summed E-state index contributed by atoms with van der Waals surface area (Å²) in [4.78, 5) is 0. The molecule has 1 aliphatic carbocycles. The molecule has 1 saturated carbocycles. The summed E-state index contributed by atoms with van der Waals surface area (Å²) >= 11 is 0. The van der Waals surface area contributed by atoms with Crippen molar-refractivity contribution in [3.63, 3.8) is 0 Å². The van der Waals surface area contributed by atoms with Crippen molar-refractivity contribution in [2.75, 3.05) is 6.54 Å². The average Bonchev–Trinajstić information content (AvgIpc) is 2.42. The fourth-order valence-corrected chi connectivity index (χ4v) is 2.89. The molecule has 0 aromatic heterocycles. The molecule has 1 N–H and O–H groups in total. The minimum absolute atomic E-state index is 0.0750. The maximum absolute atomic E-state index is 13.4. The number of nitrogens with one attached hydrogen (secondary N) is 1. The zero-order valence-corrected chi connectivity index (χ0v) is 11.3. The van der Waals surface area contributed by atoms with Crippen LogP contribution in [0.4, 0.5) is 4.39 Å². The zero-order valence-electron chi connectivity index (χ0n) is 11.3. The van der Waals surface area contributed by atoms with E-state index in [0.29, 0.717) is 6.04 Å². The van der Waals surface area contributed by atoms with Gasteiger partial charge < -0.3 is 5.32 Å². The lowest BCUT2D eigenvalue weighted by Crippen LogP contribution is -2.34. The first kappa shape index (κ1) is 13.5. The maximum Gasteiger partial charge on any atom is 0.126 e. The highest BCUT2D eigenvalue weighted by Crippen LogP contribution is 2.26. The van der Waals surface area contributed by atoms with E-state index >= 15 is 0 Å². The van der Waals surface area contributed by atoms with Crippen molar-refractivity contribution in [2.45, 2.75) is 51.5 Å². The molecule has 0 radical (unpaired) electrons. The lowest BCUT2D eigenvalue weighted by atomic mass is 9.84. The lowest BCUT2D eigenvalue weighted by Gasteiger charge is -2.28. The van der Waals surface area contributed by atoms with Crippen LogP contribution in [0.2, 0.25) is 0 Å². The molecule has 0 amide bonds. The molecule has 2 rings (SSSR count). The van der Waals surface area contributed by atoms with Crippen LogP contribution in [0, 0.1) is 11.7 Å². The molecule has 1 fully saturated rings. The number of hydrogen-bond donors (Lipinski definition) is 1. The molecule has 0 heterocycles. The van der Waals surface area contributed by atoms with E-state index in [1.54, 1.807) is 12.1 Å². The summed E-state index contributed by atoms with van der Waals surface area (Å²) in [5.74, 6) is 0.864. The molecular weight excluding hydrogens is 225 g/mol. The van der Waals surface area contributed by atoms with Gasteiger partial charge in [-0.3, -0.25) is 0 Å². The molecule has 1 aromatic carbocycles. The summed E-state index contributed by atoms with van der Waals surface area (Å²) in [5.41, 5.74) is 0.826. The molecule has 2 heteroatoms. The summed E-state index contributed by atoms with van der Waals surface area (Å²) in [5, 5.41) is 3.58. The van der Waals surface area contributed by atoms with Crippen molar-refractivity contribution in [3.05, 3.63) is 35.6 Å². The van der Waals surface area contributed by atoms with Crippen LogP contribution < -0.4 is 5.32 Å². The predicted octanol–water partition coefficient (Wildman–Crippen LogP) is 3.93. The van der Waals surface area contributed by atoms with Crippen LogP contribution in [0.15, 0.2) is 24.3 Å². The fourth-order valence-electron chi connectivity index (χ4n) is 2.89. The van der Waals surface area contributed by atoms with E-state index in [0.717, 1.165) is 24.4 Å². The number of halogens is 1. The van der Waals surface area contributed by atoms with E-state index in [2.05, 4.69) is 12.2 Å². The molecule has 18 heavy (non-hydrogen) atoms. The van der Waals surface area contributed by atoms with Crippen molar-refractivity contribution in [3.8, 4) is 0 Å². The van der Waals surface area contributed by atoms with Crippen molar-refractivity contribution in [1.29, 1.82) is 0 Å². The summed E-state index contributed by atoms with van der Waals surface area (Å²) in [6.45, 7) is 3.18. The van der Waals surface area contributed by atoms with E-state index in [1.165, 1.54) is 32.1 Å². The Hall–Kier alpha value is -0.890. The van der Waals surface area contributed by atoms with E-state index in [9.17, 15) is 4.39 Å². The van der Waals surface area contributed by atoms with Crippen molar-refractivity contribution in [1.82, 2.24) is 5.32 Å². The standard InChI is InChI=1S/C16H24FN/c1-2-13-7-9-15(10-8-13)18-12-11-14-5-3-4-6-16(14)17/h3-6,13,15,18H,2,7-12H2,1H3. The fraction of sp³-hybridized carbons (Fsp3) is 0.625. The Morgan fingerprint density at radius 3 is 2.56 bits per heavy atom. The normalized spacial score (nSPS) is 24.1. The highest BCUT2D eigenvalue weighted by atomic mass is 19.1. The number of benzene rings is 1. The first-order valence-corrected chi connectivity index (χ1v) is 7.26. The van der Waals surface area contributed by atoms with E-state index < -0.39 is 0 Å². The van der Waals surface area contributed by atoms with Gasteiger partial charge in [-0.05, 0) is 56.2 Å². The topological polar surface area (TPSA) is 12.0 Å². The predicted molar refractivity (Wildman–Crippen MR) is 74.1 cm³/mol. The van der Waals surface area contributed by atoms with Gasteiger partial charge in [0, 0.05) is 6.04 Å². The van der Waals surface area contributed by atoms with Crippen LogP contribution in [-0.4, -0.2) is 12.6 Å². The van der Waals surface area contributed by atoms with Gasteiger partial charge in [0.25, 0.3) is 0 Å². The van der Waals surface area contributed by atoms with E-state index in [-0.39, 0.29) is 5.82 Å². The second-order valence-electron chi connectivity index (χ2n) is 5.42. The molecular formula is C16H24FN. The first-order chi connectivity index (χ1) is 8.79. The number of rotatable bonds is 5. The molecule has 100 valence electrons. The minimum atomic E-state index is -0.0750. The van der Waals surface area contributed by atoms with Crippen LogP contribution in [0.5, 0.6) is 0 Å². The monoisotopic (exact) mass is 249 g/mol. The van der Waals surface area contributed by atoms with Gasteiger partial charge in [-0.2, -0.15) is 0 Å². The van der Waals surface area contributed by atoms with Gasteiger partial charge in [-0.25, -0.2) is 4.39 Å². The molecule has 0 aliphatic heterocycles. The van der Waals surface area contributed by atoms with Gasteiger partial charge in [-0.1, -0.05) is 31.5 Å². The Morgan fingerprint density at radius 2 is 1.89 bits per heavy atom. The largest absolute Gasteiger partial charge is 0.314 e. The third-order valence-corrected chi connectivity index (χ3v) is 4.21. The molecule has 1 nitrogen and oxygen atoms in total. The van der Waals surface area contributed by atoms with Crippen molar-refractivity contribution in [2.24, 2.45) is 5.92 Å². The third-order valence-electron chi connectivity index (χ3n) is 4.21. The molecule has 0 bridgehead atoms. The SMILES string of the molecule is CCC1CCC(NCCc2ccccc2F)CC1. The van der Waals surface area contributed by atoms with Gasteiger partial charge in [0.15, 0.2) is 0 Å². The lowest BCUT2D eigenvalue weighted by molar-refractivity contribution is 0.287. The van der Waals surface area contributed by atoms with Crippen LogP contribution in [0.1, 0.15) is 44.6 Å². The summed E-state index contributed by atoms with van der Waals surface area (Å²) in [6, 6.07) is 7.73. The summed E-state index contributed by atoms with van der Waals surface area (Å²) in [6.07, 6.45) is 7.40. The van der Waals surface area contributed by atoms with Crippen LogP contribution in [0.3, 0.4) is 0 Å². The Labute approximate surface area is 110 Å². The Bertz CT molecular complexity index is 356. The van der Waals surface area contributed by atoms with Crippen molar-refractivity contribution < 1.29 is 4.39 Å². The van der Waals surface area contributed by atoms with E-state index in [4.69, 9.17) is 0 Å². The molecule has 1 aromatic rings. The second kappa shape index (κ2) is 6.89. The third kappa shape index (κ3) is 3.81. The Morgan fingerprint density at radius 1 is 1.17 bits per heavy atom. The molecule has 0 atom stereocenters. The number of hydrogen-bond acceptors (Lipinski definition) is 1. The van der Waals surface area contributed by atoms with Gasteiger partial charge in [-0.15, -0.1) is 0 Å². The zero-order chi connectivity index (χ0) is 12.8. The van der Waals surface area contributed by atoms with Gasteiger partial charge in [0.2, 0.25) is 0 Å². The van der Waals surface area contributed by atoms with Crippen LogP contribution in [-0.2, 0) is 6.42 Å². The Kier molecular flexibility index (Phi) is 5.18. The van der Waals surface area contributed by atoms with Crippen LogP contribution in [0.25, 0.3) is 0 Å². The van der Waals surface area contributed by atoms with Gasteiger partial charge >= 0.3 is 0 Å². The van der Waals surface area contributed by atoms with Gasteiger partial charge in [0.05, 0.1) is 0 Å². The molecule has 0 spiro atoms. The summed E-state index contributed by atoms with van der Waals surface area (Å²) in [7, 11) is 0. The summed E-state index contributed by atoms with van der Waals surface area (Å²) < 4.78 is 13.4. The molecule has 1 aliphatic rings. The molecule has 0 saturated heterocycles. The quantitative estimate of drug-likeness (QED) is 0.834.